The minimum Gasteiger partial charge on any atom is -0.396 e. The molecule has 4 heteroatoms. The molecule has 0 aliphatic rings. The van der Waals surface area contributed by atoms with Gasteiger partial charge in [-0.1, -0.05) is 0 Å². The fourth-order valence-corrected chi connectivity index (χ4v) is 2.86. The van der Waals surface area contributed by atoms with E-state index in [9.17, 15) is 0 Å². The number of aryl methyl sites for hydroxylation is 1. The number of aliphatic hydroxyl groups excluding tert-OH is 1. The third-order valence-corrected chi connectivity index (χ3v) is 3.07. The highest BCUT2D eigenvalue weighted by atomic mass is 79.9. The first kappa shape index (κ1) is 12.0. The molecule has 0 bridgehead atoms. The molecule has 0 saturated carbocycles. The number of nitrogens with one attached hydrogen (secondary N) is 1. The summed E-state index contributed by atoms with van der Waals surface area (Å²) in [7, 11) is 0. The van der Waals surface area contributed by atoms with Gasteiger partial charge in [0.1, 0.15) is 0 Å². The van der Waals surface area contributed by atoms with Gasteiger partial charge in [0.05, 0.1) is 5.69 Å². The quantitative estimate of drug-likeness (QED) is 0.833. The van der Waals surface area contributed by atoms with Crippen molar-refractivity contribution >= 4 is 37.5 Å². The van der Waals surface area contributed by atoms with E-state index < -0.39 is 0 Å². The normalized spacial score (nSPS) is 10.3. The maximum absolute atomic E-state index is 8.66. The Labute approximate surface area is 101 Å². The highest BCUT2D eigenvalue weighted by Gasteiger charge is 2.04. The van der Waals surface area contributed by atoms with Crippen molar-refractivity contribution in [1.82, 2.24) is 0 Å². The van der Waals surface area contributed by atoms with Gasteiger partial charge in [0, 0.05) is 22.1 Å². The molecule has 0 unspecified atom stereocenters. The van der Waals surface area contributed by atoms with Gasteiger partial charge in [-0.3, -0.25) is 0 Å². The highest BCUT2D eigenvalue weighted by Crippen LogP contribution is 2.32. The summed E-state index contributed by atoms with van der Waals surface area (Å²) >= 11 is 6.99. The fourth-order valence-electron chi connectivity index (χ4n) is 1.16. The Morgan fingerprint density at radius 3 is 2.36 bits per heavy atom. The molecule has 0 amide bonds. The lowest BCUT2D eigenvalue weighted by atomic mass is 10.2. The topological polar surface area (TPSA) is 32.3 Å². The van der Waals surface area contributed by atoms with Gasteiger partial charge < -0.3 is 10.4 Å². The van der Waals surface area contributed by atoms with Crippen LogP contribution in [0.1, 0.15) is 12.0 Å². The lowest BCUT2D eigenvalue weighted by Gasteiger charge is -2.11. The zero-order valence-electron chi connectivity index (χ0n) is 7.98. The summed E-state index contributed by atoms with van der Waals surface area (Å²) in [5.41, 5.74) is 2.25. The van der Waals surface area contributed by atoms with Crippen molar-refractivity contribution in [3.8, 4) is 0 Å². The van der Waals surface area contributed by atoms with E-state index in [2.05, 4.69) is 49.3 Å². The van der Waals surface area contributed by atoms with E-state index in [0.29, 0.717) is 0 Å². The molecular formula is C10H13Br2NO. The molecule has 2 N–H and O–H groups in total. The van der Waals surface area contributed by atoms with E-state index in [1.165, 1.54) is 5.56 Å². The Balaban J connectivity index is 2.75. The molecule has 0 radical (unpaired) electrons. The molecule has 1 rings (SSSR count). The van der Waals surface area contributed by atoms with Gasteiger partial charge in [-0.2, -0.15) is 0 Å². The molecule has 0 aliphatic carbocycles. The van der Waals surface area contributed by atoms with E-state index in [-0.39, 0.29) is 6.61 Å². The number of aliphatic hydroxyl groups is 1. The van der Waals surface area contributed by atoms with Crippen LogP contribution < -0.4 is 5.32 Å². The molecular weight excluding hydrogens is 310 g/mol. The molecule has 0 saturated heterocycles. The monoisotopic (exact) mass is 321 g/mol. The van der Waals surface area contributed by atoms with Gasteiger partial charge in [-0.05, 0) is 62.9 Å². The molecule has 14 heavy (non-hydrogen) atoms. The molecule has 0 aromatic heterocycles. The van der Waals surface area contributed by atoms with Crippen LogP contribution in [0.15, 0.2) is 21.1 Å². The second-order valence-electron chi connectivity index (χ2n) is 3.11. The number of anilines is 1. The van der Waals surface area contributed by atoms with Gasteiger partial charge >= 0.3 is 0 Å². The fraction of sp³-hybridized carbons (Fsp3) is 0.400. The second kappa shape index (κ2) is 5.73. The van der Waals surface area contributed by atoms with Crippen molar-refractivity contribution in [3.05, 3.63) is 26.6 Å². The van der Waals surface area contributed by atoms with Gasteiger partial charge in [-0.25, -0.2) is 0 Å². The summed E-state index contributed by atoms with van der Waals surface area (Å²) in [4.78, 5) is 0. The summed E-state index contributed by atoms with van der Waals surface area (Å²) in [5.74, 6) is 0. The molecule has 2 nitrogen and oxygen atoms in total. The SMILES string of the molecule is Cc1cc(Br)c(NCCCO)c(Br)c1. The maximum Gasteiger partial charge on any atom is 0.0629 e. The molecule has 0 atom stereocenters. The lowest BCUT2D eigenvalue weighted by Crippen LogP contribution is -2.04. The van der Waals surface area contributed by atoms with Crippen molar-refractivity contribution < 1.29 is 5.11 Å². The Hall–Kier alpha value is -0.0600. The van der Waals surface area contributed by atoms with Crippen molar-refractivity contribution in [2.24, 2.45) is 0 Å². The zero-order valence-corrected chi connectivity index (χ0v) is 11.2. The number of rotatable bonds is 4. The first-order valence-electron chi connectivity index (χ1n) is 4.45. The molecule has 78 valence electrons. The maximum atomic E-state index is 8.66. The van der Waals surface area contributed by atoms with E-state index in [0.717, 1.165) is 27.6 Å². The van der Waals surface area contributed by atoms with Crippen LogP contribution in [0.2, 0.25) is 0 Å². The van der Waals surface area contributed by atoms with E-state index in [4.69, 9.17) is 5.11 Å². The van der Waals surface area contributed by atoms with Crippen LogP contribution in [0.25, 0.3) is 0 Å². The third kappa shape index (κ3) is 3.26. The van der Waals surface area contributed by atoms with E-state index in [1.807, 2.05) is 6.92 Å². The van der Waals surface area contributed by atoms with Crippen LogP contribution in [-0.4, -0.2) is 18.3 Å². The van der Waals surface area contributed by atoms with Crippen molar-refractivity contribution in [2.75, 3.05) is 18.5 Å². The number of hydrogen-bond donors (Lipinski definition) is 2. The van der Waals surface area contributed by atoms with Gasteiger partial charge in [0.25, 0.3) is 0 Å². The van der Waals surface area contributed by atoms with Crippen molar-refractivity contribution in [2.45, 2.75) is 13.3 Å². The first-order chi connectivity index (χ1) is 6.65. The molecule has 1 aromatic rings. The second-order valence-corrected chi connectivity index (χ2v) is 4.82. The van der Waals surface area contributed by atoms with Crippen LogP contribution in [0.3, 0.4) is 0 Å². The average Bonchev–Trinajstić information content (AvgIpc) is 2.09. The first-order valence-corrected chi connectivity index (χ1v) is 6.04. The molecule has 0 fully saturated rings. The molecule has 1 aromatic carbocycles. The van der Waals surface area contributed by atoms with Crippen LogP contribution in [0.5, 0.6) is 0 Å². The van der Waals surface area contributed by atoms with E-state index >= 15 is 0 Å². The summed E-state index contributed by atoms with van der Waals surface area (Å²) in [6.07, 6.45) is 0.757. The molecule has 0 heterocycles. The van der Waals surface area contributed by atoms with Crippen molar-refractivity contribution in [3.63, 3.8) is 0 Å². The predicted molar refractivity (Wildman–Crippen MR) is 66.8 cm³/mol. The Kier molecular flexibility index (Phi) is 4.92. The molecule has 0 spiro atoms. The highest BCUT2D eigenvalue weighted by molar-refractivity contribution is 9.11. The van der Waals surface area contributed by atoms with E-state index in [1.54, 1.807) is 0 Å². The molecule has 0 aliphatic heterocycles. The smallest absolute Gasteiger partial charge is 0.0629 e. The van der Waals surface area contributed by atoms with Crippen LogP contribution in [-0.2, 0) is 0 Å². The standard InChI is InChI=1S/C10H13Br2NO/c1-7-5-8(11)10(9(12)6-7)13-3-2-4-14/h5-6,13-14H,2-4H2,1H3. The Morgan fingerprint density at radius 1 is 1.29 bits per heavy atom. The van der Waals surface area contributed by atoms with Crippen LogP contribution >= 0.6 is 31.9 Å². The summed E-state index contributed by atoms with van der Waals surface area (Å²) < 4.78 is 2.09. The largest absolute Gasteiger partial charge is 0.396 e. The zero-order chi connectivity index (χ0) is 10.6. The van der Waals surface area contributed by atoms with Gasteiger partial charge in [0.15, 0.2) is 0 Å². The Morgan fingerprint density at radius 2 is 1.86 bits per heavy atom. The van der Waals surface area contributed by atoms with Gasteiger partial charge in [0.2, 0.25) is 0 Å². The summed E-state index contributed by atoms with van der Waals surface area (Å²) in [5, 5.41) is 11.9. The van der Waals surface area contributed by atoms with Gasteiger partial charge in [-0.15, -0.1) is 0 Å². The number of hydrogen-bond acceptors (Lipinski definition) is 2. The third-order valence-electron chi connectivity index (χ3n) is 1.82. The summed E-state index contributed by atoms with van der Waals surface area (Å²) in [6, 6.07) is 4.12. The summed E-state index contributed by atoms with van der Waals surface area (Å²) in [6.45, 7) is 3.04. The predicted octanol–water partition coefficient (Wildman–Crippen LogP) is 3.31. The minimum absolute atomic E-state index is 0.216. The van der Waals surface area contributed by atoms with Crippen LogP contribution in [0, 0.1) is 6.92 Å². The number of benzene rings is 1. The Bertz CT molecular complexity index is 292. The minimum atomic E-state index is 0.216. The van der Waals surface area contributed by atoms with Crippen molar-refractivity contribution in [1.29, 1.82) is 0 Å². The lowest BCUT2D eigenvalue weighted by molar-refractivity contribution is 0.292. The average molecular weight is 323 g/mol. The van der Waals surface area contributed by atoms with Crippen LogP contribution in [0.4, 0.5) is 5.69 Å². The number of halogens is 2.